The molecule has 0 aromatic carbocycles. The summed E-state index contributed by atoms with van der Waals surface area (Å²) in [6.45, 7) is 3.43. The number of nitrogens with zero attached hydrogens (tertiary/aromatic N) is 1. The van der Waals surface area contributed by atoms with Crippen LogP contribution in [0.5, 0.6) is 0 Å². The standard InChI is InChI=1S/C12H24N2/c1-14(8-11-4-2-5-11)10-12(9-13)6-3-7-12/h11H,2-10,13H2,1H3. The highest BCUT2D eigenvalue weighted by atomic mass is 15.1. The molecule has 0 aromatic heterocycles. The predicted octanol–water partition coefficient (Wildman–Crippen LogP) is 1.85. The SMILES string of the molecule is CN(CC1CCC1)CC1(CN)CCC1. The van der Waals surface area contributed by atoms with Crippen molar-refractivity contribution in [3.8, 4) is 0 Å². The first-order valence-corrected chi connectivity index (χ1v) is 6.13. The Labute approximate surface area is 87.8 Å². The van der Waals surface area contributed by atoms with E-state index in [1.807, 2.05) is 0 Å². The van der Waals surface area contributed by atoms with Crippen LogP contribution in [-0.4, -0.2) is 31.6 Å². The maximum absolute atomic E-state index is 5.87. The molecule has 2 nitrogen and oxygen atoms in total. The molecule has 2 saturated carbocycles. The Balaban J connectivity index is 1.72. The third kappa shape index (κ3) is 2.12. The molecule has 14 heavy (non-hydrogen) atoms. The monoisotopic (exact) mass is 196 g/mol. The molecule has 0 bridgehead atoms. The molecule has 2 rings (SSSR count). The van der Waals surface area contributed by atoms with Crippen molar-refractivity contribution < 1.29 is 0 Å². The van der Waals surface area contributed by atoms with Gasteiger partial charge in [0.25, 0.3) is 0 Å². The summed E-state index contributed by atoms with van der Waals surface area (Å²) in [6.07, 6.45) is 8.49. The van der Waals surface area contributed by atoms with Crippen molar-refractivity contribution in [3.05, 3.63) is 0 Å². The van der Waals surface area contributed by atoms with E-state index in [1.54, 1.807) is 0 Å². The van der Waals surface area contributed by atoms with Crippen LogP contribution in [0.25, 0.3) is 0 Å². The van der Waals surface area contributed by atoms with E-state index >= 15 is 0 Å². The van der Waals surface area contributed by atoms with E-state index in [0.717, 1.165) is 12.5 Å². The van der Waals surface area contributed by atoms with Crippen LogP contribution in [0.2, 0.25) is 0 Å². The van der Waals surface area contributed by atoms with Crippen molar-refractivity contribution in [1.82, 2.24) is 4.90 Å². The average Bonchev–Trinajstić information content (AvgIpc) is 2.04. The van der Waals surface area contributed by atoms with Crippen LogP contribution in [0.3, 0.4) is 0 Å². The number of hydrogen-bond donors (Lipinski definition) is 1. The van der Waals surface area contributed by atoms with Gasteiger partial charge in [-0.05, 0) is 50.6 Å². The molecule has 0 atom stereocenters. The predicted molar refractivity (Wildman–Crippen MR) is 60.2 cm³/mol. The lowest BCUT2D eigenvalue weighted by Gasteiger charge is -2.44. The highest BCUT2D eigenvalue weighted by Crippen LogP contribution is 2.40. The van der Waals surface area contributed by atoms with Crippen molar-refractivity contribution in [2.45, 2.75) is 38.5 Å². The third-order valence-electron chi connectivity index (χ3n) is 4.25. The zero-order valence-electron chi connectivity index (χ0n) is 9.47. The highest BCUT2D eigenvalue weighted by molar-refractivity contribution is 4.91. The fourth-order valence-corrected chi connectivity index (χ4v) is 2.86. The zero-order valence-corrected chi connectivity index (χ0v) is 9.47. The summed E-state index contributed by atoms with van der Waals surface area (Å²) in [4.78, 5) is 2.52. The molecule has 0 saturated heterocycles. The van der Waals surface area contributed by atoms with Gasteiger partial charge in [-0.2, -0.15) is 0 Å². The summed E-state index contributed by atoms with van der Waals surface area (Å²) in [7, 11) is 2.27. The number of nitrogens with two attached hydrogens (primary N) is 1. The molecule has 2 N–H and O–H groups in total. The van der Waals surface area contributed by atoms with E-state index in [-0.39, 0.29) is 0 Å². The summed E-state index contributed by atoms with van der Waals surface area (Å²) in [6, 6.07) is 0. The minimum absolute atomic E-state index is 0.499. The molecule has 2 aliphatic rings. The molecular formula is C12H24N2. The topological polar surface area (TPSA) is 29.3 Å². The van der Waals surface area contributed by atoms with Crippen molar-refractivity contribution in [2.75, 3.05) is 26.7 Å². The van der Waals surface area contributed by atoms with Crippen LogP contribution in [-0.2, 0) is 0 Å². The van der Waals surface area contributed by atoms with Gasteiger partial charge in [-0.1, -0.05) is 12.8 Å². The van der Waals surface area contributed by atoms with Gasteiger partial charge >= 0.3 is 0 Å². The second kappa shape index (κ2) is 4.19. The lowest BCUT2D eigenvalue weighted by atomic mass is 9.68. The summed E-state index contributed by atoms with van der Waals surface area (Å²) in [5.74, 6) is 0.995. The summed E-state index contributed by atoms with van der Waals surface area (Å²) < 4.78 is 0. The number of rotatable bonds is 5. The van der Waals surface area contributed by atoms with Gasteiger partial charge in [-0.15, -0.1) is 0 Å². The van der Waals surface area contributed by atoms with E-state index in [1.165, 1.54) is 51.6 Å². The molecule has 0 heterocycles. The van der Waals surface area contributed by atoms with Crippen LogP contribution >= 0.6 is 0 Å². The summed E-state index contributed by atoms with van der Waals surface area (Å²) in [5.41, 5.74) is 6.37. The van der Waals surface area contributed by atoms with Crippen LogP contribution in [0, 0.1) is 11.3 Å². The van der Waals surface area contributed by atoms with Gasteiger partial charge in [0.15, 0.2) is 0 Å². The van der Waals surface area contributed by atoms with Gasteiger partial charge in [-0.25, -0.2) is 0 Å². The molecule has 82 valence electrons. The van der Waals surface area contributed by atoms with Gasteiger partial charge in [0, 0.05) is 13.1 Å². The fraction of sp³-hybridized carbons (Fsp3) is 1.00. The Kier molecular flexibility index (Phi) is 3.13. The maximum atomic E-state index is 5.87. The largest absolute Gasteiger partial charge is 0.330 e. The molecule has 0 spiro atoms. The van der Waals surface area contributed by atoms with Gasteiger partial charge in [0.1, 0.15) is 0 Å². The molecule has 2 fully saturated rings. The van der Waals surface area contributed by atoms with E-state index in [2.05, 4.69) is 11.9 Å². The molecular weight excluding hydrogens is 172 g/mol. The minimum Gasteiger partial charge on any atom is -0.330 e. The van der Waals surface area contributed by atoms with Crippen molar-refractivity contribution >= 4 is 0 Å². The Morgan fingerprint density at radius 2 is 2.00 bits per heavy atom. The first kappa shape index (κ1) is 10.4. The van der Waals surface area contributed by atoms with Gasteiger partial charge in [-0.3, -0.25) is 0 Å². The van der Waals surface area contributed by atoms with E-state index < -0.39 is 0 Å². The summed E-state index contributed by atoms with van der Waals surface area (Å²) in [5, 5.41) is 0. The second-order valence-electron chi connectivity index (χ2n) is 5.55. The Morgan fingerprint density at radius 3 is 2.36 bits per heavy atom. The number of hydrogen-bond acceptors (Lipinski definition) is 2. The quantitative estimate of drug-likeness (QED) is 0.727. The third-order valence-corrected chi connectivity index (χ3v) is 4.25. The van der Waals surface area contributed by atoms with Crippen molar-refractivity contribution in [2.24, 2.45) is 17.1 Å². The molecule has 0 aromatic rings. The van der Waals surface area contributed by atoms with Crippen molar-refractivity contribution in [3.63, 3.8) is 0 Å². The lowest BCUT2D eigenvalue weighted by molar-refractivity contribution is 0.0717. The Hall–Kier alpha value is -0.0800. The molecule has 0 unspecified atom stereocenters. The molecule has 2 aliphatic carbocycles. The maximum Gasteiger partial charge on any atom is 0.00471 e. The first-order valence-electron chi connectivity index (χ1n) is 6.13. The van der Waals surface area contributed by atoms with E-state index in [4.69, 9.17) is 5.73 Å². The minimum atomic E-state index is 0.499. The normalized spacial score (nSPS) is 25.9. The van der Waals surface area contributed by atoms with Crippen LogP contribution in [0.4, 0.5) is 0 Å². The Bertz CT molecular complexity index is 177. The second-order valence-corrected chi connectivity index (χ2v) is 5.55. The van der Waals surface area contributed by atoms with Gasteiger partial charge < -0.3 is 10.6 Å². The molecule has 2 heteroatoms. The van der Waals surface area contributed by atoms with Crippen LogP contribution in [0.1, 0.15) is 38.5 Å². The van der Waals surface area contributed by atoms with E-state index in [0.29, 0.717) is 5.41 Å². The smallest absolute Gasteiger partial charge is 0.00471 e. The first-order chi connectivity index (χ1) is 6.74. The zero-order chi connectivity index (χ0) is 10.0. The van der Waals surface area contributed by atoms with E-state index in [9.17, 15) is 0 Å². The van der Waals surface area contributed by atoms with Crippen LogP contribution in [0.15, 0.2) is 0 Å². The molecule has 0 aliphatic heterocycles. The highest BCUT2D eigenvalue weighted by Gasteiger charge is 2.36. The lowest BCUT2D eigenvalue weighted by Crippen LogP contribution is -2.47. The summed E-state index contributed by atoms with van der Waals surface area (Å²) >= 11 is 0. The van der Waals surface area contributed by atoms with Gasteiger partial charge in [0.05, 0.1) is 0 Å². The van der Waals surface area contributed by atoms with Crippen LogP contribution < -0.4 is 5.73 Å². The molecule has 0 amide bonds. The average molecular weight is 196 g/mol. The fourth-order valence-electron chi connectivity index (χ4n) is 2.86. The van der Waals surface area contributed by atoms with Gasteiger partial charge in [0.2, 0.25) is 0 Å². The van der Waals surface area contributed by atoms with Crippen molar-refractivity contribution in [1.29, 1.82) is 0 Å². The molecule has 0 radical (unpaired) electrons. The Morgan fingerprint density at radius 1 is 1.29 bits per heavy atom.